The van der Waals surface area contributed by atoms with Gasteiger partial charge in [-0.25, -0.2) is 15.0 Å². The van der Waals surface area contributed by atoms with Gasteiger partial charge in [0.05, 0.1) is 6.54 Å². The number of aromatic nitrogens is 4. The highest BCUT2D eigenvalue weighted by Crippen LogP contribution is 2.05. The van der Waals surface area contributed by atoms with Crippen molar-refractivity contribution in [3.8, 4) is 0 Å². The molecule has 78 valence electrons. The minimum atomic E-state index is 0.646. The number of aryl methyl sites for hydroxylation is 1. The molecule has 0 aromatic carbocycles. The fourth-order valence-corrected chi connectivity index (χ4v) is 1.26. The van der Waals surface area contributed by atoms with Crippen LogP contribution < -0.4 is 5.32 Å². The molecule has 0 atom stereocenters. The Hall–Kier alpha value is -1.91. The van der Waals surface area contributed by atoms with Gasteiger partial charge in [-0.05, 0) is 6.42 Å². The Morgan fingerprint density at radius 3 is 3.00 bits per heavy atom. The lowest BCUT2D eigenvalue weighted by molar-refractivity contribution is 0.958. The quantitative estimate of drug-likeness (QED) is 0.787. The van der Waals surface area contributed by atoms with E-state index in [0.717, 1.165) is 23.8 Å². The first-order chi connectivity index (χ1) is 7.38. The van der Waals surface area contributed by atoms with Crippen molar-refractivity contribution in [1.82, 2.24) is 19.9 Å². The molecule has 2 N–H and O–H groups in total. The Morgan fingerprint density at radius 2 is 2.27 bits per heavy atom. The van der Waals surface area contributed by atoms with Gasteiger partial charge in [-0.15, -0.1) is 0 Å². The minimum absolute atomic E-state index is 0.646. The lowest BCUT2D eigenvalue weighted by Crippen LogP contribution is -2.03. The molecule has 2 aromatic rings. The van der Waals surface area contributed by atoms with Crippen LogP contribution in [0, 0.1) is 0 Å². The van der Waals surface area contributed by atoms with Crippen LogP contribution in [0.2, 0.25) is 0 Å². The summed E-state index contributed by atoms with van der Waals surface area (Å²) in [6.45, 7) is 2.71. The van der Waals surface area contributed by atoms with Gasteiger partial charge in [0.15, 0.2) is 0 Å². The van der Waals surface area contributed by atoms with E-state index < -0.39 is 0 Å². The predicted molar refractivity (Wildman–Crippen MR) is 57.3 cm³/mol. The van der Waals surface area contributed by atoms with E-state index in [1.165, 1.54) is 0 Å². The number of imidazole rings is 1. The average Bonchev–Trinajstić information content (AvgIpc) is 2.79. The number of hydrogen-bond donors (Lipinski definition) is 2. The number of hydrogen-bond acceptors (Lipinski definition) is 4. The van der Waals surface area contributed by atoms with Gasteiger partial charge in [-0.3, -0.25) is 0 Å². The largest absolute Gasteiger partial charge is 0.363 e. The zero-order valence-electron chi connectivity index (χ0n) is 8.57. The third-order valence-corrected chi connectivity index (χ3v) is 2.08. The van der Waals surface area contributed by atoms with Crippen LogP contribution in [-0.2, 0) is 13.0 Å². The molecule has 2 aromatic heterocycles. The molecule has 0 radical (unpaired) electrons. The fourth-order valence-electron chi connectivity index (χ4n) is 1.26. The van der Waals surface area contributed by atoms with Gasteiger partial charge in [0, 0.05) is 24.2 Å². The topological polar surface area (TPSA) is 66.5 Å². The highest BCUT2D eigenvalue weighted by molar-refractivity contribution is 5.34. The van der Waals surface area contributed by atoms with E-state index in [1.54, 1.807) is 18.7 Å². The molecule has 0 saturated carbocycles. The second-order valence-electron chi connectivity index (χ2n) is 3.14. The average molecular weight is 203 g/mol. The monoisotopic (exact) mass is 203 g/mol. The molecular weight excluding hydrogens is 190 g/mol. The molecule has 0 aliphatic carbocycles. The zero-order chi connectivity index (χ0) is 10.5. The molecule has 0 amide bonds. The standard InChI is InChI=1S/C10H13N5/c1-2-8-5-9(15-7-14-8)13-6-10-11-3-4-12-10/h3-5,7H,2,6H2,1H3,(H,11,12)(H,13,14,15). The van der Waals surface area contributed by atoms with Gasteiger partial charge < -0.3 is 10.3 Å². The lowest BCUT2D eigenvalue weighted by atomic mass is 10.3. The number of anilines is 1. The van der Waals surface area contributed by atoms with Gasteiger partial charge in [-0.1, -0.05) is 6.92 Å². The Balaban J connectivity index is 1.98. The maximum Gasteiger partial charge on any atom is 0.129 e. The van der Waals surface area contributed by atoms with Crippen LogP contribution in [0.4, 0.5) is 5.82 Å². The summed E-state index contributed by atoms with van der Waals surface area (Å²) in [7, 11) is 0. The summed E-state index contributed by atoms with van der Waals surface area (Å²) in [5, 5.41) is 3.18. The van der Waals surface area contributed by atoms with Gasteiger partial charge in [-0.2, -0.15) is 0 Å². The third-order valence-electron chi connectivity index (χ3n) is 2.08. The van der Waals surface area contributed by atoms with Gasteiger partial charge in [0.25, 0.3) is 0 Å². The van der Waals surface area contributed by atoms with Crippen LogP contribution in [0.3, 0.4) is 0 Å². The van der Waals surface area contributed by atoms with Crippen LogP contribution in [0.5, 0.6) is 0 Å². The molecular formula is C10H13N5. The first-order valence-electron chi connectivity index (χ1n) is 4.91. The molecule has 0 bridgehead atoms. The maximum atomic E-state index is 4.13. The molecule has 2 rings (SSSR count). The molecule has 0 saturated heterocycles. The van der Waals surface area contributed by atoms with Gasteiger partial charge >= 0.3 is 0 Å². The molecule has 5 nitrogen and oxygen atoms in total. The van der Waals surface area contributed by atoms with E-state index >= 15 is 0 Å². The Bertz CT molecular complexity index is 410. The van der Waals surface area contributed by atoms with Crippen molar-refractivity contribution in [3.63, 3.8) is 0 Å². The predicted octanol–water partition coefficient (Wildman–Crippen LogP) is 1.37. The molecule has 0 aliphatic heterocycles. The number of nitrogens with one attached hydrogen (secondary N) is 2. The summed E-state index contributed by atoms with van der Waals surface area (Å²) >= 11 is 0. The third kappa shape index (κ3) is 2.52. The Labute approximate surface area is 88.0 Å². The van der Waals surface area contributed by atoms with Crippen LogP contribution >= 0.6 is 0 Å². The van der Waals surface area contributed by atoms with E-state index in [1.807, 2.05) is 6.07 Å². The van der Waals surface area contributed by atoms with Crippen molar-refractivity contribution in [2.45, 2.75) is 19.9 Å². The number of aromatic amines is 1. The zero-order valence-corrected chi connectivity index (χ0v) is 8.57. The molecule has 0 spiro atoms. The summed E-state index contributed by atoms with van der Waals surface area (Å²) in [5.74, 6) is 1.73. The molecule has 0 unspecified atom stereocenters. The summed E-state index contributed by atoms with van der Waals surface area (Å²) in [6, 6.07) is 1.95. The molecule has 2 heterocycles. The first-order valence-corrected chi connectivity index (χ1v) is 4.91. The van der Waals surface area contributed by atoms with Crippen molar-refractivity contribution < 1.29 is 0 Å². The molecule has 0 fully saturated rings. The van der Waals surface area contributed by atoms with Crippen LogP contribution in [0.15, 0.2) is 24.8 Å². The van der Waals surface area contributed by atoms with E-state index in [-0.39, 0.29) is 0 Å². The number of rotatable bonds is 4. The molecule has 15 heavy (non-hydrogen) atoms. The van der Waals surface area contributed by atoms with Gasteiger partial charge in [0.2, 0.25) is 0 Å². The smallest absolute Gasteiger partial charge is 0.129 e. The second-order valence-corrected chi connectivity index (χ2v) is 3.14. The van der Waals surface area contributed by atoms with Crippen LogP contribution in [0.25, 0.3) is 0 Å². The fraction of sp³-hybridized carbons (Fsp3) is 0.300. The van der Waals surface area contributed by atoms with E-state index in [2.05, 4.69) is 32.2 Å². The summed E-state index contributed by atoms with van der Waals surface area (Å²) < 4.78 is 0. The number of H-pyrrole nitrogens is 1. The van der Waals surface area contributed by atoms with Crippen molar-refractivity contribution in [1.29, 1.82) is 0 Å². The summed E-state index contributed by atoms with van der Waals surface area (Å²) in [4.78, 5) is 15.4. The van der Waals surface area contributed by atoms with Crippen molar-refractivity contribution in [3.05, 3.63) is 36.3 Å². The SMILES string of the molecule is CCc1cc(NCc2ncc[nH]2)ncn1. The second kappa shape index (κ2) is 4.54. The molecule has 0 aliphatic rings. The lowest BCUT2D eigenvalue weighted by Gasteiger charge is -2.03. The molecule has 5 heteroatoms. The van der Waals surface area contributed by atoms with Gasteiger partial charge in [0.1, 0.15) is 18.0 Å². The van der Waals surface area contributed by atoms with E-state index in [9.17, 15) is 0 Å². The van der Waals surface area contributed by atoms with E-state index in [0.29, 0.717) is 6.54 Å². The van der Waals surface area contributed by atoms with E-state index in [4.69, 9.17) is 0 Å². The van der Waals surface area contributed by atoms with Crippen molar-refractivity contribution >= 4 is 5.82 Å². The normalized spacial score (nSPS) is 10.2. The highest BCUT2D eigenvalue weighted by Gasteiger charge is 1.98. The summed E-state index contributed by atoms with van der Waals surface area (Å²) in [6.07, 6.45) is 6.02. The number of nitrogens with zero attached hydrogens (tertiary/aromatic N) is 3. The maximum absolute atomic E-state index is 4.13. The Kier molecular flexibility index (Phi) is 2.92. The summed E-state index contributed by atoms with van der Waals surface area (Å²) in [5.41, 5.74) is 1.03. The first kappa shape index (κ1) is 9.64. The van der Waals surface area contributed by atoms with Crippen molar-refractivity contribution in [2.24, 2.45) is 0 Å². The Morgan fingerprint density at radius 1 is 1.33 bits per heavy atom. The van der Waals surface area contributed by atoms with Crippen molar-refractivity contribution in [2.75, 3.05) is 5.32 Å². The minimum Gasteiger partial charge on any atom is -0.363 e. The van der Waals surface area contributed by atoms with Crippen LogP contribution in [-0.4, -0.2) is 19.9 Å². The highest BCUT2D eigenvalue weighted by atomic mass is 15.0. The van der Waals surface area contributed by atoms with Crippen LogP contribution in [0.1, 0.15) is 18.4 Å².